The number of rotatable bonds is 6. The first kappa shape index (κ1) is 28.9. The third kappa shape index (κ3) is 5.55. The van der Waals surface area contributed by atoms with Gasteiger partial charge in [0.2, 0.25) is 0 Å². The Morgan fingerprint density at radius 2 is 1.12 bits per heavy atom. The summed E-state index contributed by atoms with van der Waals surface area (Å²) in [5.74, 6) is 1.51. The summed E-state index contributed by atoms with van der Waals surface area (Å²) in [6.07, 6.45) is -0.300. The first-order valence-corrected chi connectivity index (χ1v) is 16.0. The van der Waals surface area contributed by atoms with Gasteiger partial charge in [-0.1, -0.05) is 158 Å². The van der Waals surface area contributed by atoms with Crippen LogP contribution in [0.5, 0.6) is 0 Å². The molecule has 226 valence electrons. The fourth-order valence-electron chi connectivity index (χ4n) is 6.41. The third-order valence-electron chi connectivity index (χ3n) is 8.81. The molecule has 1 unspecified atom stereocenters. The van der Waals surface area contributed by atoms with E-state index in [1.54, 1.807) is 0 Å². The van der Waals surface area contributed by atoms with Crippen molar-refractivity contribution in [1.82, 2.24) is 5.32 Å². The van der Waals surface area contributed by atoms with E-state index in [9.17, 15) is 5.26 Å². The summed E-state index contributed by atoms with van der Waals surface area (Å²) in [7, 11) is 0. The molecule has 1 aliphatic rings. The minimum atomic E-state index is -0.300. The molecule has 1 N–H and O–H groups in total. The van der Waals surface area contributed by atoms with Gasteiger partial charge in [0, 0.05) is 11.1 Å². The van der Waals surface area contributed by atoms with Crippen LogP contribution in [0.2, 0.25) is 0 Å². The van der Waals surface area contributed by atoms with Crippen molar-refractivity contribution in [2.24, 2.45) is 9.98 Å². The Morgan fingerprint density at radius 3 is 1.85 bits per heavy atom. The van der Waals surface area contributed by atoms with E-state index < -0.39 is 0 Å². The maximum Gasteiger partial charge on any atom is 0.159 e. The van der Waals surface area contributed by atoms with Crippen molar-refractivity contribution in [3.8, 4) is 39.4 Å². The summed E-state index contributed by atoms with van der Waals surface area (Å²) in [4.78, 5) is 10.00. The Kier molecular flexibility index (Phi) is 7.62. The lowest BCUT2D eigenvalue weighted by atomic mass is 9.86. The van der Waals surface area contributed by atoms with Crippen LogP contribution in [0.4, 0.5) is 0 Å². The lowest BCUT2D eigenvalue weighted by Gasteiger charge is -2.24. The van der Waals surface area contributed by atoms with Crippen LogP contribution in [0.25, 0.3) is 44.2 Å². The highest BCUT2D eigenvalue weighted by Crippen LogP contribution is 2.42. The molecule has 0 amide bonds. The number of fused-ring (bicyclic) bond motifs is 1. The lowest BCUT2D eigenvalue weighted by molar-refractivity contribution is 0.674. The SMILES string of the molecule is N#Cc1ccc(-c2ccccc2-c2ccc3ccccc3c2-c2ccc(C3N=C(c4ccccc4)N=C(c4ccccc4)N3)cc2)cc1. The number of nitriles is 1. The minimum absolute atomic E-state index is 0.300. The molecule has 4 heteroatoms. The predicted molar refractivity (Wildman–Crippen MR) is 197 cm³/mol. The molecule has 7 aromatic carbocycles. The molecular weight excluding hydrogens is 585 g/mol. The van der Waals surface area contributed by atoms with Crippen molar-refractivity contribution in [1.29, 1.82) is 5.26 Å². The Morgan fingerprint density at radius 1 is 0.500 bits per heavy atom. The fraction of sp³-hybridized carbons (Fsp3) is 0.0227. The largest absolute Gasteiger partial charge is 0.344 e. The van der Waals surface area contributed by atoms with E-state index in [0.29, 0.717) is 11.4 Å². The Labute approximate surface area is 280 Å². The van der Waals surface area contributed by atoms with Crippen molar-refractivity contribution in [3.63, 3.8) is 0 Å². The Bertz CT molecular complexity index is 2350. The van der Waals surface area contributed by atoms with Gasteiger partial charge < -0.3 is 5.32 Å². The van der Waals surface area contributed by atoms with Crippen LogP contribution in [0.3, 0.4) is 0 Å². The number of hydrogen-bond donors (Lipinski definition) is 1. The van der Waals surface area contributed by atoms with Crippen LogP contribution in [0.15, 0.2) is 180 Å². The maximum atomic E-state index is 9.36. The van der Waals surface area contributed by atoms with E-state index in [4.69, 9.17) is 9.98 Å². The monoisotopic (exact) mass is 614 g/mol. The number of nitrogens with zero attached hydrogens (tertiary/aromatic N) is 3. The topological polar surface area (TPSA) is 60.5 Å². The first-order valence-electron chi connectivity index (χ1n) is 16.0. The van der Waals surface area contributed by atoms with Crippen LogP contribution >= 0.6 is 0 Å². The van der Waals surface area contributed by atoms with Gasteiger partial charge in [-0.05, 0) is 61.8 Å². The van der Waals surface area contributed by atoms with Crippen molar-refractivity contribution in [3.05, 3.63) is 192 Å². The lowest BCUT2D eigenvalue weighted by Crippen LogP contribution is -2.33. The van der Waals surface area contributed by atoms with E-state index >= 15 is 0 Å². The smallest absolute Gasteiger partial charge is 0.159 e. The average Bonchev–Trinajstić information content (AvgIpc) is 3.18. The van der Waals surface area contributed by atoms with Crippen LogP contribution in [0, 0.1) is 11.3 Å². The molecule has 0 aliphatic carbocycles. The molecule has 7 aromatic rings. The molecule has 0 spiro atoms. The molecule has 1 atom stereocenters. The van der Waals surface area contributed by atoms with E-state index in [1.807, 2.05) is 72.8 Å². The zero-order chi connectivity index (χ0) is 32.3. The molecule has 0 aromatic heterocycles. The van der Waals surface area contributed by atoms with Gasteiger partial charge in [0.1, 0.15) is 12.0 Å². The average molecular weight is 615 g/mol. The van der Waals surface area contributed by atoms with Gasteiger partial charge in [-0.15, -0.1) is 0 Å². The Hall–Kier alpha value is -6.57. The molecule has 48 heavy (non-hydrogen) atoms. The zero-order valence-electron chi connectivity index (χ0n) is 26.1. The molecule has 0 fully saturated rings. The van der Waals surface area contributed by atoms with E-state index in [2.05, 4.69) is 108 Å². The summed E-state index contributed by atoms with van der Waals surface area (Å²) < 4.78 is 0. The minimum Gasteiger partial charge on any atom is -0.344 e. The molecule has 4 nitrogen and oxygen atoms in total. The highest BCUT2D eigenvalue weighted by atomic mass is 15.2. The van der Waals surface area contributed by atoms with Gasteiger partial charge in [-0.2, -0.15) is 5.26 Å². The molecule has 0 saturated carbocycles. The molecule has 0 radical (unpaired) electrons. The molecule has 1 heterocycles. The van der Waals surface area contributed by atoms with Gasteiger partial charge in [0.15, 0.2) is 5.84 Å². The van der Waals surface area contributed by atoms with E-state index in [0.717, 1.165) is 50.3 Å². The van der Waals surface area contributed by atoms with Gasteiger partial charge in [-0.3, -0.25) is 0 Å². The standard InChI is InChI=1S/C44H30N4/c45-29-30-19-21-32(22-20-30)37-16-9-10-18-39(37)40-28-27-31-11-7-8-17-38(31)41(40)33-23-25-36(26-24-33)44-47-42(34-12-3-1-4-13-34)46-43(48-44)35-14-5-2-6-15-35/h1-28,44H,(H,46,47,48). The van der Waals surface area contributed by atoms with Crippen LogP contribution in [0.1, 0.15) is 28.4 Å². The summed E-state index contributed by atoms with van der Waals surface area (Å²) in [5, 5.41) is 15.3. The Balaban J connectivity index is 1.23. The normalized spacial score (nSPS) is 14.0. The van der Waals surface area contributed by atoms with Crippen molar-refractivity contribution in [2.75, 3.05) is 0 Å². The summed E-state index contributed by atoms with van der Waals surface area (Å²) in [6, 6.07) is 60.6. The second-order valence-electron chi connectivity index (χ2n) is 11.8. The summed E-state index contributed by atoms with van der Waals surface area (Å²) in [5.41, 5.74) is 10.5. The molecule has 0 bridgehead atoms. The van der Waals surface area contributed by atoms with Crippen LogP contribution < -0.4 is 5.32 Å². The van der Waals surface area contributed by atoms with Gasteiger partial charge >= 0.3 is 0 Å². The molecule has 1 aliphatic heterocycles. The number of benzene rings is 7. The zero-order valence-corrected chi connectivity index (χ0v) is 26.1. The van der Waals surface area contributed by atoms with Crippen LogP contribution in [-0.2, 0) is 0 Å². The second kappa shape index (κ2) is 12.7. The van der Waals surface area contributed by atoms with E-state index in [-0.39, 0.29) is 6.17 Å². The second-order valence-corrected chi connectivity index (χ2v) is 11.8. The number of aliphatic imine (C=N–C) groups is 2. The quantitative estimate of drug-likeness (QED) is 0.203. The molecule has 0 saturated heterocycles. The maximum absolute atomic E-state index is 9.36. The first-order chi connectivity index (χ1) is 23.7. The molecule has 8 rings (SSSR count). The van der Waals surface area contributed by atoms with Crippen molar-refractivity contribution < 1.29 is 0 Å². The van der Waals surface area contributed by atoms with Gasteiger partial charge in [0.25, 0.3) is 0 Å². The summed E-state index contributed by atoms with van der Waals surface area (Å²) in [6.45, 7) is 0. The third-order valence-corrected chi connectivity index (χ3v) is 8.81. The highest BCUT2D eigenvalue weighted by molar-refractivity contribution is 6.13. The van der Waals surface area contributed by atoms with Gasteiger partial charge in [-0.25, -0.2) is 9.98 Å². The number of hydrogen-bond acceptors (Lipinski definition) is 4. The summed E-state index contributed by atoms with van der Waals surface area (Å²) >= 11 is 0. The van der Waals surface area contributed by atoms with Crippen LogP contribution in [-0.4, -0.2) is 11.7 Å². The van der Waals surface area contributed by atoms with Gasteiger partial charge in [0.05, 0.1) is 11.6 Å². The number of amidine groups is 2. The fourth-order valence-corrected chi connectivity index (χ4v) is 6.41. The van der Waals surface area contributed by atoms with Crippen molar-refractivity contribution >= 4 is 22.4 Å². The predicted octanol–water partition coefficient (Wildman–Crippen LogP) is 10.2. The van der Waals surface area contributed by atoms with Crippen molar-refractivity contribution in [2.45, 2.75) is 6.17 Å². The number of nitrogens with one attached hydrogen (secondary N) is 1. The highest BCUT2D eigenvalue weighted by Gasteiger charge is 2.22. The molecular formula is C44H30N4. The van der Waals surface area contributed by atoms with E-state index in [1.165, 1.54) is 16.3 Å².